The van der Waals surface area contributed by atoms with E-state index in [1.165, 1.54) is 17.7 Å². The van der Waals surface area contributed by atoms with E-state index in [-0.39, 0.29) is 5.56 Å². The molecule has 4 nitrogen and oxygen atoms in total. The Morgan fingerprint density at radius 3 is 2.50 bits per heavy atom. The minimum absolute atomic E-state index is 0.117. The average molecular weight is 447 g/mol. The van der Waals surface area contributed by atoms with Crippen molar-refractivity contribution in [2.75, 3.05) is 20.2 Å². The summed E-state index contributed by atoms with van der Waals surface area (Å²) in [5.41, 5.74) is 4.35. The SMILES string of the molecule is COc1ccc(CN2C[C@H]3C[C@H](C2)c2ccc(C=Cc4ccc(Cl)cc4)c(=O)n2C3)cc1. The second-order valence-corrected chi connectivity index (χ2v) is 9.29. The van der Waals surface area contributed by atoms with Gasteiger partial charge in [-0.3, -0.25) is 9.69 Å². The molecule has 0 unspecified atom stereocenters. The van der Waals surface area contributed by atoms with E-state index in [2.05, 4.69) is 23.1 Å². The number of halogens is 1. The van der Waals surface area contributed by atoms with Crippen molar-refractivity contribution in [1.29, 1.82) is 0 Å². The molecule has 164 valence electrons. The first-order valence-corrected chi connectivity index (χ1v) is 11.5. The smallest absolute Gasteiger partial charge is 0.258 e. The summed E-state index contributed by atoms with van der Waals surface area (Å²) >= 11 is 5.96. The van der Waals surface area contributed by atoms with Crippen molar-refractivity contribution in [1.82, 2.24) is 9.47 Å². The van der Waals surface area contributed by atoms with E-state index in [1.807, 2.05) is 59.2 Å². The van der Waals surface area contributed by atoms with Crippen LogP contribution in [-0.2, 0) is 13.1 Å². The molecule has 1 aromatic heterocycles. The van der Waals surface area contributed by atoms with Gasteiger partial charge >= 0.3 is 0 Å². The quantitative estimate of drug-likeness (QED) is 0.533. The van der Waals surface area contributed by atoms with Gasteiger partial charge in [-0.05, 0) is 65.9 Å². The molecule has 32 heavy (non-hydrogen) atoms. The van der Waals surface area contributed by atoms with Crippen molar-refractivity contribution in [3.05, 3.63) is 98.4 Å². The van der Waals surface area contributed by atoms with E-state index >= 15 is 0 Å². The second-order valence-electron chi connectivity index (χ2n) is 8.85. The van der Waals surface area contributed by atoms with Crippen LogP contribution in [0.2, 0.25) is 5.02 Å². The van der Waals surface area contributed by atoms with E-state index in [0.717, 1.165) is 43.1 Å². The van der Waals surface area contributed by atoms with Crippen LogP contribution in [0.5, 0.6) is 5.75 Å². The zero-order valence-electron chi connectivity index (χ0n) is 18.2. The third-order valence-corrected chi connectivity index (χ3v) is 6.85. The third kappa shape index (κ3) is 4.38. The summed E-state index contributed by atoms with van der Waals surface area (Å²) in [6.45, 7) is 3.75. The minimum Gasteiger partial charge on any atom is -0.497 e. The molecule has 2 bridgehead atoms. The first-order valence-electron chi connectivity index (χ1n) is 11.1. The number of pyridine rings is 1. The number of hydrogen-bond acceptors (Lipinski definition) is 3. The maximum absolute atomic E-state index is 13.2. The lowest BCUT2D eigenvalue weighted by Crippen LogP contribution is -2.47. The van der Waals surface area contributed by atoms with Gasteiger partial charge in [0.25, 0.3) is 5.56 Å². The Bertz CT molecular complexity index is 1180. The van der Waals surface area contributed by atoms with Crippen molar-refractivity contribution in [3.63, 3.8) is 0 Å². The number of likely N-dealkylation sites (tertiary alicyclic amines) is 1. The molecule has 0 aliphatic carbocycles. The number of nitrogens with zero attached hydrogens (tertiary/aromatic N) is 2. The predicted octanol–water partition coefficient (Wildman–Crippen LogP) is 5.30. The highest BCUT2D eigenvalue weighted by atomic mass is 35.5. The Balaban J connectivity index is 1.33. The molecule has 5 rings (SSSR count). The fourth-order valence-electron chi connectivity index (χ4n) is 5.07. The van der Waals surface area contributed by atoms with Crippen molar-refractivity contribution in [2.24, 2.45) is 5.92 Å². The molecule has 2 aliphatic heterocycles. The summed E-state index contributed by atoms with van der Waals surface area (Å²) < 4.78 is 7.29. The molecule has 0 saturated carbocycles. The van der Waals surface area contributed by atoms with Gasteiger partial charge in [0.2, 0.25) is 0 Å². The number of fused-ring (bicyclic) bond motifs is 4. The molecule has 3 aromatic rings. The van der Waals surface area contributed by atoms with Gasteiger partial charge < -0.3 is 9.30 Å². The van der Waals surface area contributed by atoms with Gasteiger partial charge in [-0.15, -0.1) is 0 Å². The third-order valence-electron chi connectivity index (χ3n) is 6.60. The number of rotatable bonds is 5. The molecule has 0 radical (unpaired) electrons. The predicted molar refractivity (Wildman–Crippen MR) is 130 cm³/mol. The molecule has 2 atom stereocenters. The summed E-state index contributed by atoms with van der Waals surface area (Å²) in [4.78, 5) is 15.7. The molecular weight excluding hydrogens is 420 g/mol. The molecule has 1 fully saturated rings. The van der Waals surface area contributed by atoms with Crippen LogP contribution in [-0.4, -0.2) is 29.7 Å². The second kappa shape index (κ2) is 8.97. The Hall–Kier alpha value is -2.82. The van der Waals surface area contributed by atoms with E-state index in [9.17, 15) is 4.79 Å². The van der Waals surface area contributed by atoms with Crippen LogP contribution in [0, 0.1) is 5.92 Å². The summed E-state index contributed by atoms with van der Waals surface area (Å²) in [7, 11) is 1.69. The number of hydrogen-bond donors (Lipinski definition) is 0. The highest BCUT2D eigenvalue weighted by molar-refractivity contribution is 6.30. The van der Waals surface area contributed by atoms with Crippen LogP contribution >= 0.6 is 11.6 Å². The van der Waals surface area contributed by atoms with Gasteiger partial charge in [0.05, 0.1) is 7.11 Å². The fraction of sp³-hybridized carbons (Fsp3) is 0.296. The molecular formula is C27H27ClN2O2. The molecule has 3 heterocycles. The standard InChI is InChI=1S/C27H27ClN2O2/c1-32-25-11-5-20(6-12-25)15-29-16-21-14-23(18-29)26-13-8-22(27(31)30(26)17-21)7-2-19-3-9-24(28)10-4-19/h2-13,21,23H,14-18H2,1H3/t21-,23-/m1/s1. The van der Waals surface area contributed by atoms with Crippen molar-refractivity contribution in [3.8, 4) is 5.75 Å². The van der Waals surface area contributed by atoms with Gasteiger partial charge in [-0.1, -0.05) is 41.9 Å². The topological polar surface area (TPSA) is 34.5 Å². The van der Waals surface area contributed by atoms with Gasteiger partial charge in [0.15, 0.2) is 0 Å². The largest absolute Gasteiger partial charge is 0.497 e. The van der Waals surface area contributed by atoms with Gasteiger partial charge in [0.1, 0.15) is 5.75 Å². The lowest BCUT2D eigenvalue weighted by atomic mass is 9.82. The number of methoxy groups -OCH3 is 1. The van der Waals surface area contributed by atoms with Crippen molar-refractivity contribution >= 4 is 23.8 Å². The number of aromatic nitrogens is 1. The lowest BCUT2D eigenvalue weighted by Gasteiger charge is -2.43. The van der Waals surface area contributed by atoms with Crippen LogP contribution in [0.3, 0.4) is 0 Å². The first kappa shape index (κ1) is 21.0. The summed E-state index contributed by atoms with van der Waals surface area (Å²) in [5.74, 6) is 1.80. The lowest BCUT2D eigenvalue weighted by molar-refractivity contribution is 0.114. The molecule has 1 saturated heterocycles. The zero-order chi connectivity index (χ0) is 22.1. The van der Waals surface area contributed by atoms with Gasteiger partial charge in [0, 0.05) is 48.4 Å². The van der Waals surface area contributed by atoms with E-state index in [0.29, 0.717) is 16.9 Å². The number of ether oxygens (including phenoxy) is 1. The molecule has 2 aliphatic rings. The Kier molecular flexibility index (Phi) is 5.90. The van der Waals surface area contributed by atoms with E-state index < -0.39 is 0 Å². The van der Waals surface area contributed by atoms with Crippen LogP contribution in [0.4, 0.5) is 0 Å². The van der Waals surface area contributed by atoms with Crippen LogP contribution in [0.25, 0.3) is 12.2 Å². The Morgan fingerprint density at radius 1 is 0.969 bits per heavy atom. The van der Waals surface area contributed by atoms with Crippen molar-refractivity contribution < 1.29 is 4.74 Å². The first-order chi connectivity index (χ1) is 15.6. The van der Waals surface area contributed by atoms with Crippen LogP contribution < -0.4 is 10.3 Å². The minimum atomic E-state index is 0.117. The maximum atomic E-state index is 13.2. The number of piperidine rings is 1. The fourth-order valence-corrected chi connectivity index (χ4v) is 5.19. The Labute approximate surface area is 193 Å². The zero-order valence-corrected chi connectivity index (χ0v) is 19.0. The van der Waals surface area contributed by atoms with Gasteiger partial charge in [-0.2, -0.15) is 0 Å². The Morgan fingerprint density at radius 2 is 1.75 bits per heavy atom. The monoisotopic (exact) mass is 446 g/mol. The molecule has 2 aromatic carbocycles. The summed E-state index contributed by atoms with van der Waals surface area (Å²) in [5, 5.41) is 0.712. The molecule has 5 heteroatoms. The van der Waals surface area contributed by atoms with Gasteiger partial charge in [-0.25, -0.2) is 0 Å². The van der Waals surface area contributed by atoms with Crippen molar-refractivity contribution in [2.45, 2.75) is 25.4 Å². The normalized spacial score (nSPS) is 20.3. The highest BCUT2D eigenvalue weighted by Gasteiger charge is 2.34. The number of benzene rings is 2. The molecule has 0 spiro atoms. The summed E-state index contributed by atoms with van der Waals surface area (Å²) in [6, 6.07) is 20.1. The van der Waals surface area contributed by atoms with Crippen LogP contribution in [0.1, 0.15) is 34.7 Å². The summed E-state index contributed by atoms with van der Waals surface area (Å²) in [6.07, 6.45) is 5.05. The average Bonchev–Trinajstić information content (AvgIpc) is 2.80. The van der Waals surface area contributed by atoms with E-state index in [1.54, 1.807) is 7.11 Å². The van der Waals surface area contributed by atoms with Crippen LogP contribution in [0.15, 0.2) is 65.5 Å². The maximum Gasteiger partial charge on any atom is 0.258 e. The molecule has 0 amide bonds. The molecule has 0 N–H and O–H groups in total. The highest BCUT2D eigenvalue weighted by Crippen LogP contribution is 2.35. The van der Waals surface area contributed by atoms with E-state index in [4.69, 9.17) is 16.3 Å².